The Kier molecular flexibility index (Phi) is 6.34. The molecule has 0 aliphatic heterocycles. The third-order valence-electron chi connectivity index (χ3n) is 4.41. The van der Waals surface area contributed by atoms with Crippen LogP contribution in [0, 0.1) is 6.92 Å². The minimum Gasteiger partial charge on any atom is -0.492 e. The van der Waals surface area contributed by atoms with Gasteiger partial charge in [-0.05, 0) is 44.4 Å². The maximum absolute atomic E-state index is 13.2. The van der Waals surface area contributed by atoms with Gasteiger partial charge in [0.15, 0.2) is 0 Å². The molecule has 2 rings (SSSR count). The maximum Gasteiger partial charge on any atom is 0.247 e. The van der Waals surface area contributed by atoms with Crippen molar-refractivity contribution in [1.82, 2.24) is 4.31 Å². The molecule has 0 unspecified atom stereocenters. The van der Waals surface area contributed by atoms with Crippen LogP contribution in [0.1, 0.15) is 51.5 Å². The van der Waals surface area contributed by atoms with Gasteiger partial charge in [-0.15, -0.1) is 0 Å². The Morgan fingerprint density at radius 1 is 1.22 bits per heavy atom. The number of sulfonamides is 1. The van der Waals surface area contributed by atoms with Crippen molar-refractivity contribution in [3.8, 4) is 5.75 Å². The van der Waals surface area contributed by atoms with Crippen molar-refractivity contribution in [1.29, 1.82) is 0 Å². The van der Waals surface area contributed by atoms with Gasteiger partial charge in [0.25, 0.3) is 0 Å². The molecule has 1 saturated carbocycles. The van der Waals surface area contributed by atoms with E-state index in [1.807, 2.05) is 20.8 Å². The summed E-state index contributed by atoms with van der Waals surface area (Å²) in [7, 11) is -3.62. The van der Waals surface area contributed by atoms with Crippen molar-refractivity contribution in [2.24, 2.45) is 0 Å². The molecule has 4 nitrogen and oxygen atoms in total. The highest BCUT2D eigenvalue weighted by atomic mass is 35.5. The van der Waals surface area contributed by atoms with Crippen LogP contribution in [0.5, 0.6) is 5.75 Å². The molecule has 0 N–H and O–H groups in total. The van der Waals surface area contributed by atoms with Crippen molar-refractivity contribution < 1.29 is 13.2 Å². The predicted octanol–water partition coefficient (Wildman–Crippen LogP) is 4.39. The van der Waals surface area contributed by atoms with Gasteiger partial charge in [-0.25, -0.2) is 8.42 Å². The summed E-state index contributed by atoms with van der Waals surface area (Å²) in [6.07, 6.45) is 5.22. The van der Waals surface area contributed by atoms with Gasteiger partial charge < -0.3 is 4.74 Å². The third kappa shape index (κ3) is 4.01. The number of rotatable bonds is 6. The van der Waals surface area contributed by atoms with E-state index in [9.17, 15) is 8.42 Å². The molecule has 1 aromatic rings. The molecule has 1 aliphatic rings. The molecular weight excluding hydrogens is 334 g/mol. The number of nitrogens with zero attached hydrogens (tertiary/aromatic N) is 1. The lowest BCUT2D eigenvalue weighted by molar-refractivity contribution is 0.259. The van der Waals surface area contributed by atoms with Crippen molar-refractivity contribution >= 4 is 21.6 Å². The molecule has 0 saturated heterocycles. The van der Waals surface area contributed by atoms with Gasteiger partial charge in [-0.2, -0.15) is 4.31 Å². The molecule has 0 amide bonds. The number of halogens is 1. The lowest BCUT2D eigenvalue weighted by Gasteiger charge is -2.33. The number of benzene rings is 1. The molecule has 0 spiro atoms. The largest absolute Gasteiger partial charge is 0.492 e. The molecule has 0 bridgehead atoms. The molecule has 0 radical (unpaired) electrons. The van der Waals surface area contributed by atoms with E-state index < -0.39 is 10.0 Å². The minimum atomic E-state index is -3.62. The second-order valence-electron chi connectivity index (χ2n) is 5.98. The lowest BCUT2D eigenvalue weighted by atomic mass is 9.95. The first-order chi connectivity index (χ1) is 10.9. The van der Waals surface area contributed by atoms with E-state index in [0.29, 0.717) is 23.9 Å². The van der Waals surface area contributed by atoms with Crippen molar-refractivity contribution in [2.75, 3.05) is 13.2 Å². The van der Waals surface area contributed by atoms with Gasteiger partial charge >= 0.3 is 0 Å². The van der Waals surface area contributed by atoms with Gasteiger partial charge in [-0.3, -0.25) is 0 Å². The van der Waals surface area contributed by atoms with E-state index in [0.717, 1.165) is 31.2 Å². The van der Waals surface area contributed by atoms with Gasteiger partial charge in [-0.1, -0.05) is 37.8 Å². The summed E-state index contributed by atoms with van der Waals surface area (Å²) in [5, 5.41) is 0.451. The van der Waals surface area contributed by atoms with Crippen LogP contribution >= 0.6 is 11.6 Å². The Balaban J connectivity index is 2.46. The van der Waals surface area contributed by atoms with Crippen molar-refractivity contribution in [2.45, 2.75) is 63.8 Å². The molecule has 130 valence electrons. The molecule has 1 aromatic carbocycles. The van der Waals surface area contributed by atoms with Crippen LogP contribution in [0.25, 0.3) is 0 Å². The van der Waals surface area contributed by atoms with E-state index in [1.165, 1.54) is 12.5 Å². The van der Waals surface area contributed by atoms with E-state index in [1.54, 1.807) is 10.4 Å². The van der Waals surface area contributed by atoms with Crippen LogP contribution < -0.4 is 4.74 Å². The normalized spacial score (nSPS) is 16.7. The summed E-state index contributed by atoms with van der Waals surface area (Å²) < 4.78 is 33.6. The highest BCUT2D eigenvalue weighted by Crippen LogP contribution is 2.35. The Labute approximate surface area is 144 Å². The first kappa shape index (κ1) is 18.6. The summed E-state index contributed by atoms with van der Waals surface area (Å²) in [4.78, 5) is 0.183. The third-order valence-corrected chi connectivity index (χ3v) is 6.86. The van der Waals surface area contributed by atoms with Gasteiger partial charge in [0.1, 0.15) is 10.6 Å². The Bertz CT molecular complexity index is 639. The standard InChI is InChI=1S/C17H26ClNO3S/c1-4-19(14-9-7-6-8-10-14)23(20,21)17-12-15(18)13(3)11-16(17)22-5-2/h11-12,14H,4-10H2,1-3H3. The maximum atomic E-state index is 13.2. The van der Waals surface area contributed by atoms with Crippen LogP contribution in [0.2, 0.25) is 5.02 Å². The second-order valence-corrected chi connectivity index (χ2v) is 8.25. The molecule has 23 heavy (non-hydrogen) atoms. The van der Waals surface area contributed by atoms with Gasteiger partial charge in [0.2, 0.25) is 10.0 Å². The monoisotopic (exact) mass is 359 g/mol. The fraction of sp³-hybridized carbons (Fsp3) is 0.647. The Hall–Kier alpha value is -0.780. The average molecular weight is 360 g/mol. The fourth-order valence-electron chi connectivity index (χ4n) is 3.23. The van der Waals surface area contributed by atoms with E-state index in [-0.39, 0.29) is 10.9 Å². The summed E-state index contributed by atoms with van der Waals surface area (Å²) in [6.45, 7) is 6.46. The second kappa shape index (κ2) is 7.86. The van der Waals surface area contributed by atoms with Gasteiger partial charge in [0, 0.05) is 17.6 Å². The molecule has 1 fully saturated rings. The highest BCUT2D eigenvalue weighted by molar-refractivity contribution is 7.89. The summed E-state index contributed by atoms with van der Waals surface area (Å²) in [5.41, 5.74) is 0.815. The zero-order valence-electron chi connectivity index (χ0n) is 14.1. The highest BCUT2D eigenvalue weighted by Gasteiger charge is 2.33. The first-order valence-corrected chi connectivity index (χ1v) is 10.2. The molecule has 1 aliphatic carbocycles. The van der Waals surface area contributed by atoms with E-state index >= 15 is 0 Å². The Morgan fingerprint density at radius 3 is 2.43 bits per heavy atom. The van der Waals surface area contributed by atoms with Crippen molar-refractivity contribution in [3.63, 3.8) is 0 Å². The zero-order valence-corrected chi connectivity index (χ0v) is 15.7. The fourth-order valence-corrected chi connectivity index (χ4v) is 5.29. The first-order valence-electron chi connectivity index (χ1n) is 8.36. The number of hydrogen-bond acceptors (Lipinski definition) is 3. The Morgan fingerprint density at radius 2 is 1.87 bits per heavy atom. The summed E-state index contributed by atoms with van der Waals surface area (Å²) in [5.74, 6) is 0.392. The molecule has 0 atom stereocenters. The zero-order chi connectivity index (χ0) is 17.0. The number of aryl methyl sites for hydroxylation is 1. The van der Waals surface area contributed by atoms with Crippen molar-refractivity contribution in [3.05, 3.63) is 22.7 Å². The van der Waals surface area contributed by atoms with Crippen LogP contribution in [0.15, 0.2) is 17.0 Å². The smallest absolute Gasteiger partial charge is 0.247 e. The van der Waals surface area contributed by atoms with Crippen LogP contribution in [-0.2, 0) is 10.0 Å². The molecule has 0 aromatic heterocycles. The topological polar surface area (TPSA) is 46.6 Å². The van der Waals surface area contributed by atoms with Crippen LogP contribution in [0.4, 0.5) is 0 Å². The SMILES string of the molecule is CCOc1cc(C)c(Cl)cc1S(=O)(=O)N(CC)C1CCCCC1. The minimum absolute atomic E-state index is 0.0771. The summed E-state index contributed by atoms with van der Waals surface area (Å²) in [6, 6.07) is 3.32. The predicted molar refractivity (Wildman–Crippen MR) is 93.8 cm³/mol. The van der Waals surface area contributed by atoms with Crippen LogP contribution in [0.3, 0.4) is 0 Å². The number of ether oxygens (including phenoxy) is 1. The summed E-state index contributed by atoms with van der Waals surface area (Å²) >= 11 is 6.19. The average Bonchev–Trinajstić information content (AvgIpc) is 2.52. The lowest BCUT2D eigenvalue weighted by Crippen LogP contribution is -2.41. The van der Waals surface area contributed by atoms with E-state index in [4.69, 9.17) is 16.3 Å². The van der Waals surface area contributed by atoms with Crippen LogP contribution in [-0.4, -0.2) is 31.9 Å². The molecule has 0 heterocycles. The molecular formula is C17H26ClNO3S. The van der Waals surface area contributed by atoms with Gasteiger partial charge in [0.05, 0.1) is 6.61 Å². The molecule has 6 heteroatoms. The number of hydrogen-bond donors (Lipinski definition) is 0. The van der Waals surface area contributed by atoms with E-state index in [2.05, 4.69) is 0 Å². The quantitative estimate of drug-likeness (QED) is 0.756.